The van der Waals surface area contributed by atoms with Gasteiger partial charge in [0.25, 0.3) is 0 Å². The number of hydrogen-bond donors (Lipinski definition) is 1. The van der Waals surface area contributed by atoms with Gasteiger partial charge in [0.2, 0.25) is 21.8 Å². The van der Waals surface area contributed by atoms with Crippen molar-refractivity contribution in [2.24, 2.45) is 0 Å². The lowest BCUT2D eigenvalue weighted by molar-refractivity contribution is -0.141. The standard InChI is InChI=1S/C27H38FN3O4S/c1-7-25(27(33)29-19(2)3)30(18-22-11-13-23(28)14-12-22)26(32)9-8-16-31(36(6,34)35)24-15-10-20(4)21(5)17-24/h10-15,17,19,25H,7-9,16,18H2,1-6H3,(H,29,33)/t25-/m0/s1. The Hall–Kier alpha value is -2.94. The normalized spacial score (nSPS) is 12.3. The molecule has 0 aliphatic heterocycles. The second-order valence-electron chi connectivity index (χ2n) is 9.44. The number of halogens is 1. The van der Waals surface area contributed by atoms with E-state index in [1.807, 2.05) is 46.8 Å². The van der Waals surface area contributed by atoms with Crippen molar-refractivity contribution < 1.29 is 22.4 Å². The first-order valence-corrected chi connectivity index (χ1v) is 14.1. The molecule has 7 nitrogen and oxygen atoms in total. The van der Waals surface area contributed by atoms with Crippen molar-refractivity contribution in [2.45, 2.75) is 72.5 Å². The maximum Gasteiger partial charge on any atom is 0.243 e. The molecular weight excluding hydrogens is 481 g/mol. The summed E-state index contributed by atoms with van der Waals surface area (Å²) in [4.78, 5) is 27.8. The van der Waals surface area contributed by atoms with Crippen LogP contribution in [0.5, 0.6) is 0 Å². The molecule has 0 fully saturated rings. The molecule has 2 aromatic rings. The average molecular weight is 520 g/mol. The first kappa shape index (κ1) is 29.3. The predicted octanol–water partition coefficient (Wildman–Crippen LogP) is 4.32. The molecule has 36 heavy (non-hydrogen) atoms. The van der Waals surface area contributed by atoms with Crippen LogP contribution in [0, 0.1) is 19.7 Å². The number of sulfonamides is 1. The lowest BCUT2D eigenvalue weighted by Gasteiger charge is -2.31. The molecule has 0 saturated carbocycles. The summed E-state index contributed by atoms with van der Waals surface area (Å²) in [6.07, 6.45) is 1.89. The summed E-state index contributed by atoms with van der Waals surface area (Å²) in [5.74, 6) is -0.900. The highest BCUT2D eigenvalue weighted by Crippen LogP contribution is 2.22. The third-order valence-electron chi connectivity index (χ3n) is 6.01. The van der Waals surface area contributed by atoms with E-state index in [0.29, 0.717) is 17.7 Å². The number of amides is 2. The molecule has 0 bridgehead atoms. The number of rotatable bonds is 12. The Kier molecular flexibility index (Phi) is 10.5. The number of aryl methyl sites for hydroxylation is 2. The van der Waals surface area contributed by atoms with E-state index in [2.05, 4.69) is 5.32 Å². The molecule has 2 rings (SSSR count). The molecule has 0 heterocycles. The maximum absolute atomic E-state index is 13.4. The Morgan fingerprint density at radius 3 is 2.19 bits per heavy atom. The Balaban J connectivity index is 2.22. The second-order valence-corrected chi connectivity index (χ2v) is 11.3. The van der Waals surface area contributed by atoms with E-state index in [-0.39, 0.29) is 49.6 Å². The molecule has 198 valence electrons. The fourth-order valence-corrected chi connectivity index (χ4v) is 4.93. The molecule has 0 unspecified atom stereocenters. The fraction of sp³-hybridized carbons (Fsp3) is 0.481. The molecule has 1 N–H and O–H groups in total. The summed E-state index contributed by atoms with van der Waals surface area (Å²) in [5, 5.41) is 2.87. The van der Waals surface area contributed by atoms with Crippen molar-refractivity contribution in [3.8, 4) is 0 Å². The lowest BCUT2D eigenvalue weighted by Crippen LogP contribution is -2.50. The van der Waals surface area contributed by atoms with Gasteiger partial charge in [-0.1, -0.05) is 25.1 Å². The van der Waals surface area contributed by atoms with E-state index >= 15 is 0 Å². The highest BCUT2D eigenvalue weighted by molar-refractivity contribution is 7.92. The first-order chi connectivity index (χ1) is 16.8. The molecule has 0 saturated heterocycles. The van der Waals surface area contributed by atoms with Gasteiger partial charge in [0, 0.05) is 25.6 Å². The fourth-order valence-electron chi connectivity index (χ4n) is 3.97. The predicted molar refractivity (Wildman–Crippen MR) is 142 cm³/mol. The van der Waals surface area contributed by atoms with Gasteiger partial charge in [0.1, 0.15) is 11.9 Å². The van der Waals surface area contributed by atoms with Crippen LogP contribution in [0.15, 0.2) is 42.5 Å². The molecule has 0 aliphatic rings. The van der Waals surface area contributed by atoms with Crippen LogP contribution in [0.4, 0.5) is 10.1 Å². The summed E-state index contributed by atoms with van der Waals surface area (Å²) in [6, 6.07) is 10.5. The van der Waals surface area contributed by atoms with Crippen LogP contribution in [-0.4, -0.2) is 50.0 Å². The molecular formula is C27H38FN3O4S. The van der Waals surface area contributed by atoms with Crippen molar-refractivity contribution in [2.75, 3.05) is 17.1 Å². The van der Waals surface area contributed by atoms with Gasteiger partial charge < -0.3 is 10.2 Å². The number of anilines is 1. The summed E-state index contributed by atoms with van der Waals surface area (Å²) in [5.41, 5.74) is 3.29. The third kappa shape index (κ3) is 8.33. The quantitative estimate of drug-likeness (QED) is 0.453. The van der Waals surface area contributed by atoms with Gasteiger partial charge in [-0.05, 0) is 81.5 Å². The highest BCUT2D eigenvalue weighted by Gasteiger charge is 2.29. The lowest BCUT2D eigenvalue weighted by atomic mass is 10.1. The van der Waals surface area contributed by atoms with Gasteiger partial charge in [-0.15, -0.1) is 0 Å². The van der Waals surface area contributed by atoms with Crippen LogP contribution in [0.3, 0.4) is 0 Å². The number of hydrogen-bond acceptors (Lipinski definition) is 4. The van der Waals surface area contributed by atoms with Crippen LogP contribution in [0.1, 0.15) is 56.7 Å². The minimum atomic E-state index is -3.56. The van der Waals surface area contributed by atoms with Crippen molar-refractivity contribution in [1.29, 1.82) is 0 Å². The highest BCUT2D eigenvalue weighted by atomic mass is 32.2. The van der Waals surface area contributed by atoms with Crippen LogP contribution in [0.2, 0.25) is 0 Å². The largest absolute Gasteiger partial charge is 0.352 e. The minimum absolute atomic E-state index is 0.0590. The van der Waals surface area contributed by atoms with Crippen molar-refractivity contribution in [1.82, 2.24) is 10.2 Å². The van der Waals surface area contributed by atoms with Crippen molar-refractivity contribution >= 4 is 27.5 Å². The zero-order valence-electron chi connectivity index (χ0n) is 22.0. The summed E-state index contributed by atoms with van der Waals surface area (Å²) < 4.78 is 39.7. The summed E-state index contributed by atoms with van der Waals surface area (Å²) >= 11 is 0. The number of carbonyl (C=O) groups is 2. The zero-order chi connectivity index (χ0) is 27.0. The van der Waals surface area contributed by atoms with Crippen LogP contribution >= 0.6 is 0 Å². The van der Waals surface area contributed by atoms with E-state index in [1.165, 1.54) is 21.3 Å². The Morgan fingerprint density at radius 2 is 1.67 bits per heavy atom. The molecule has 9 heteroatoms. The van der Waals surface area contributed by atoms with E-state index in [1.54, 1.807) is 18.2 Å². The third-order valence-corrected chi connectivity index (χ3v) is 7.21. The molecule has 0 radical (unpaired) electrons. The van der Waals surface area contributed by atoms with Gasteiger partial charge in [-0.2, -0.15) is 0 Å². The molecule has 0 aliphatic carbocycles. The second kappa shape index (κ2) is 12.9. The summed E-state index contributed by atoms with van der Waals surface area (Å²) in [7, 11) is -3.56. The molecule has 2 amide bonds. The van der Waals surface area contributed by atoms with Crippen LogP contribution in [0.25, 0.3) is 0 Å². The topological polar surface area (TPSA) is 86.8 Å². The van der Waals surface area contributed by atoms with Gasteiger partial charge in [0.05, 0.1) is 11.9 Å². The molecule has 0 aromatic heterocycles. The Labute approximate surface area is 214 Å². The number of carbonyl (C=O) groups excluding carboxylic acids is 2. The van der Waals surface area contributed by atoms with E-state index < -0.39 is 16.1 Å². The Bertz CT molecular complexity index is 1150. The van der Waals surface area contributed by atoms with Crippen molar-refractivity contribution in [3.05, 3.63) is 65.0 Å². The number of benzene rings is 2. The zero-order valence-corrected chi connectivity index (χ0v) is 22.9. The van der Waals surface area contributed by atoms with E-state index in [0.717, 1.165) is 17.4 Å². The van der Waals surface area contributed by atoms with Crippen LogP contribution < -0.4 is 9.62 Å². The van der Waals surface area contributed by atoms with E-state index in [4.69, 9.17) is 0 Å². The van der Waals surface area contributed by atoms with Gasteiger partial charge in [-0.25, -0.2) is 12.8 Å². The van der Waals surface area contributed by atoms with Gasteiger partial charge >= 0.3 is 0 Å². The Morgan fingerprint density at radius 1 is 1.03 bits per heavy atom. The van der Waals surface area contributed by atoms with Crippen molar-refractivity contribution in [3.63, 3.8) is 0 Å². The number of nitrogens with one attached hydrogen (secondary N) is 1. The molecule has 0 spiro atoms. The van der Waals surface area contributed by atoms with E-state index in [9.17, 15) is 22.4 Å². The van der Waals surface area contributed by atoms with Gasteiger partial charge in [0.15, 0.2) is 0 Å². The summed E-state index contributed by atoms with van der Waals surface area (Å²) in [6.45, 7) is 9.69. The molecule has 1 atom stereocenters. The van der Waals surface area contributed by atoms with Gasteiger partial charge in [-0.3, -0.25) is 13.9 Å². The molecule has 2 aromatic carbocycles. The van der Waals surface area contributed by atoms with Crippen LogP contribution in [-0.2, 0) is 26.2 Å². The number of nitrogens with zero attached hydrogens (tertiary/aromatic N) is 2. The monoisotopic (exact) mass is 519 g/mol. The smallest absolute Gasteiger partial charge is 0.243 e. The first-order valence-electron chi connectivity index (χ1n) is 12.2. The minimum Gasteiger partial charge on any atom is -0.352 e. The maximum atomic E-state index is 13.4. The average Bonchev–Trinajstić information content (AvgIpc) is 2.78. The SMILES string of the molecule is CC[C@@H](C(=O)NC(C)C)N(Cc1ccc(F)cc1)C(=O)CCCN(c1ccc(C)c(C)c1)S(C)(=O)=O.